The summed E-state index contributed by atoms with van der Waals surface area (Å²) in [5.41, 5.74) is 6.79. The molecule has 0 N–H and O–H groups in total. The average Bonchev–Trinajstić information content (AvgIpc) is 3.72. The Hall–Kier alpha value is -4.87. The molecule has 1 fully saturated rings. The Balaban J connectivity index is 1.44. The van der Waals surface area contributed by atoms with Crippen molar-refractivity contribution in [3.8, 4) is 33.9 Å². The van der Waals surface area contributed by atoms with Crippen LogP contribution in [0.3, 0.4) is 0 Å². The van der Waals surface area contributed by atoms with Crippen LogP contribution in [-0.2, 0) is 0 Å². The number of methoxy groups -OCH3 is 2. The van der Waals surface area contributed by atoms with E-state index in [0.717, 1.165) is 44.6 Å². The molecule has 0 aliphatic heterocycles. The second kappa shape index (κ2) is 9.32. The monoisotopic (exact) mass is 576 g/mol. The number of pyridine rings is 1. The molecular formula is C38H28N2O2S. The maximum absolute atomic E-state index is 5.81. The first-order valence-corrected chi connectivity index (χ1v) is 15.5. The highest BCUT2D eigenvalue weighted by Gasteiger charge is 2.30. The second-order valence-electron chi connectivity index (χ2n) is 11.5. The molecule has 8 aromatic rings. The Bertz CT molecular complexity index is 2400. The van der Waals surface area contributed by atoms with Crippen LogP contribution in [0.15, 0.2) is 103 Å². The zero-order chi connectivity index (χ0) is 28.7. The van der Waals surface area contributed by atoms with Crippen LogP contribution in [0.2, 0.25) is 0 Å². The molecule has 0 radical (unpaired) electrons. The number of benzene rings is 5. The summed E-state index contributed by atoms with van der Waals surface area (Å²) in [5.74, 6) is 1.96. The number of aromatic nitrogens is 2. The summed E-state index contributed by atoms with van der Waals surface area (Å²) in [7, 11) is 3.40. The summed E-state index contributed by atoms with van der Waals surface area (Å²) in [6.45, 7) is 0. The highest BCUT2D eigenvalue weighted by atomic mass is 32.1. The third-order valence-corrected chi connectivity index (χ3v) is 10.1. The van der Waals surface area contributed by atoms with Crippen LogP contribution >= 0.6 is 11.3 Å². The molecule has 5 heteroatoms. The Labute approximate surface area is 252 Å². The number of hydrogen-bond donors (Lipinski definition) is 0. The van der Waals surface area contributed by atoms with Gasteiger partial charge in [-0.2, -0.15) is 5.10 Å². The van der Waals surface area contributed by atoms with Crippen molar-refractivity contribution < 1.29 is 9.47 Å². The maximum atomic E-state index is 5.81. The van der Waals surface area contributed by atoms with Crippen LogP contribution in [0.1, 0.15) is 24.5 Å². The van der Waals surface area contributed by atoms with Gasteiger partial charge in [-0.15, -0.1) is 11.3 Å². The standard InChI is InChI=1S/C38H28N2O2S/c1-41-32-20-27-19-31(23-12-13-23)40-38(29(27)21-33(32)42-2)36(37(39-40)26-14-11-22-7-3-4-8-24(22)17-26)25-15-16-35-30(18-25)28-9-5-6-10-34(28)43-35/h3-11,14-21,23H,12-13H2,1-2H3. The molecular weight excluding hydrogens is 548 g/mol. The fraction of sp³-hybridized carbons (Fsp3) is 0.132. The Kier molecular flexibility index (Phi) is 5.35. The number of nitrogens with zero attached hydrogens (tertiary/aromatic N) is 2. The number of ether oxygens (including phenoxy) is 2. The predicted molar refractivity (Wildman–Crippen MR) is 179 cm³/mol. The van der Waals surface area contributed by atoms with Crippen molar-refractivity contribution in [2.45, 2.75) is 18.8 Å². The minimum atomic E-state index is 0.500. The summed E-state index contributed by atoms with van der Waals surface area (Å²) >= 11 is 1.85. The molecule has 43 heavy (non-hydrogen) atoms. The van der Waals surface area contributed by atoms with Gasteiger partial charge in [0.15, 0.2) is 11.5 Å². The zero-order valence-corrected chi connectivity index (χ0v) is 24.7. The van der Waals surface area contributed by atoms with Crippen LogP contribution < -0.4 is 9.47 Å². The van der Waals surface area contributed by atoms with E-state index in [4.69, 9.17) is 14.6 Å². The molecule has 0 unspecified atom stereocenters. The van der Waals surface area contributed by atoms with E-state index in [-0.39, 0.29) is 0 Å². The molecule has 0 saturated heterocycles. The van der Waals surface area contributed by atoms with Crippen LogP contribution in [0, 0.1) is 0 Å². The van der Waals surface area contributed by atoms with E-state index in [1.54, 1.807) is 14.2 Å². The average molecular weight is 577 g/mol. The van der Waals surface area contributed by atoms with Crippen molar-refractivity contribution in [2.24, 2.45) is 0 Å². The predicted octanol–water partition coefficient (Wildman–Crippen LogP) is 10.2. The zero-order valence-electron chi connectivity index (χ0n) is 23.9. The molecule has 3 heterocycles. The van der Waals surface area contributed by atoms with Gasteiger partial charge in [0.05, 0.1) is 19.7 Å². The van der Waals surface area contributed by atoms with E-state index in [1.165, 1.54) is 55.0 Å². The van der Waals surface area contributed by atoms with Crippen molar-refractivity contribution in [2.75, 3.05) is 14.2 Å². The lowest BCUT2D eigenvalue weighted by atomic mass is 9.95. The van der Waals surface area contributed by atoms with E-state index in [2.05, 4.69) is 108 Å². The van der Waals surface area contributed by atoms with Crippen molar-refractivity contribution in [3.63, 3.8) is 0 Å². The number of thiophene rings is 1. The minimum Gasteiger partial charge on any atom is -0.493 e. The molecule has 0 spiro atoms. The number of fused-ring (bicyclic) bond motifs is 7. The third-order valence-electron chi connectivity index (χ3n) is 8.93. The van der Waals surface area contributed by atoms with Gasteiger partial charge in [0, 0.05) is 48.3 Å². The second-order valence-corrected chi connectivity index (χ2v) is 12.6. The minimum absolute atomic E-state index is 0.500. The lowest BCUT2D eigenvalue weighted by Gasteiger charge is -2.13. The molecule has 1 saturated carbocycles. The van der Waals surface area contributed by atoms with Crippen molar-refractivity contribution in [1.82, 2.24) is 9.61 Å². The molecule has 4 nitrogen and oxygen atoms in total. The Morgan fingerprint density at radius 1 is 0.651 bits per heavy atom. The van der Waals surface area contributed by atoms with Crippen molar-refractivity contribution >= 4 is 58.6 Å². The first-order chi connectivity index (χ1) is 21.2. The molecule has 0 atom stereocenters. The van der Waals surface area contributed by atoms with Gasteiger partial charge in [-0.1, -0.05) is 60.7 Å². The highest BCUT2D eigenvalue weighted by Crippen LogP contribution is 2.48. The molecule has 1 aliphatic carbocycles. The fourth-order valence-corrected chi connectivity index (χ4v) is 7.74. The summed E-state index contributed by atoms with van der Waals surface area (Å²) in [5, 5.41) is 12.7. The fourth-order valence-electron chi connectivity index (χ4n) is 6.66. The van der Waals surface area contributed by atoms with Crippen molar-refractivity contribution in [3.05, 3.63) is 109 Å². The maximum Gasteiger partial charge on any atom is 0.161 e. The molecule has 0 amide bonds. The first kappa shape index (κ1) is 24.7. The molecule has 5 aromatic carbocycles. The molecule has 9 rings (SSSR count). The highest BCUT2D eigenvalue weighted by molar-refractivity contribution is 7.25. The van der Waals surface area contributed by atoms with Gasteiger partial charge in [-0.3, -0.25) is 0 Å². The summed E-state index contributed by atoms with van der Waals surface area (Å²) in [6.07, 6.45) is 2.36. The number of hydrogen-bond acceptors (Lipinski definition) is 4. The van der Waals surface area contributed by atoms with E-state index in [0.29, 0.717) is 5.92 Å². The summed E-state index contributed by atoms with van der Waals surface area (Å²) < 4.78 is 16.4. The van der Waals surface area contributed by atoms with Gasteiger partial charge in [-0.05, 0) is 77.0 Å². The van der Waals surface area contributed by atoms with E-state index < -0.39 is 0 Å². The van der Waals surface area contributed by atoms with Gasteiger partial charge >= 0.3 is 0 Å². The van der Waals surface area contributed by atoms with Gasteiger partial charge in [-0.25, -0.2) is 4.52 Å². The summed E-state index contributed by atoms with van der Waals surface area (Å²) in [4.78, 5) is 0. The van der Waals surface area contributed by atoms with Gasteiger partial charge in [0.25, 0.3) is 0 Å². The third kappa shape index (κ3) is 3.78. The quantitative estimate of drug-likeness (QED) is 0.204. The summed E-state index contributed by atoms with van der Waals surface area (Å²) in [6, 6.07) is 37.4. The van der Waals surface area contributed by atoms with Crippen LogP contribution in [0.25, 0.3) is 69.6 Å². The molecule has 0 bridgehead atoms. The topological polar surface area (TPSA) is 35.8 Å². The smallest absolute Gasteiger partial charge is 0.161 e. The lowest BCUT2D eigenvalue weighted by Crippen LogP contribution is -1.99. The largest absolute Gasteiger partial charge is 0.493 e. The van der Waals surface area contributed by atoms with Gasteiger partial charge in [0.2, 0.25) is 0 Å². The lowest BCUT2D eigenvalue weighted by molar-refractivity contribution is 0.356. The van der Waals surface area contributed by atoms with Crippen molar-refractivity contribution in [1.29, 1.82) is 0 Å². The SMILES string of the molecule is COc1cc2cc(C3CC3)n3nc(-c4ccc5ccccc5c4)c(-c4ccc5sc6ccccc6c5c4)c3c2cc1OC. The number of rotatable bonds is 5. The van der Waals surface area contributed by atoms with E-state index in [1.807, 2.05) is 11.3 Å². The Morgan fingerprint density at radius 2 is 1.40 bits per heavy atom. The van der Waals surface area contributed by atoms with E-state index in [9.17, 15) is 0 Å². The molecule has 3 aromatic heterocycles. The van der Waals surface area contributed by atoms with Crippen LogP contribution in [0.5, 0.6) is 11.5 Å². The van der Waals surface area contributed by atoms with E-state index >= 15 is 0 Å². The molecule has 1 aliphatic rings. The van der Waals surface area contributed by atoms with Crippen LogP contribution in [0.4, 0.5) is 0 Å². The Morgan fingerprint density at radius 3 is 2.23 bits per heavy atom. The van der Waals surface area contributed by atoms with Crippen LogP contribution in [-0.4, -0.2) is 23.8 Å². The first-order valence-electron chi connectivity index (χ1n) is 14.7. The molecule has 208 valence electrons. The van der Waals surface area contributed by atoms with Gasteiger partial charge in [0.1, 0.15) is 5.69 Å². The normalized spacial score (nSPS) is 13.5. The van der Waals surface area contributed by atoms with Gasteiger partial charge < -0.3 is 9.47 Å².